The van der Waals surface area contributed by atoms with E-state index in [9.17, 15) is 14.0 Å². The van der Waals surface area contributed by atoms with Crippen molar-refractivity contribution >= 4 is 40.5 Å². The molecule has 0 saturated carbocycles. The second-order valence-electron chi connectivity index (χ2n) is 5.10. The maximum absolute atomic E-state index is 13.8. The van der Waals surface area contributed by atoms with Crippen molar-refractivity contribution in [1.82, 2.24) is 0 Å². The summed E-state index contributed by atoms with van der Waals surface area (Å²) in [6, 6.07) is 9.30. The van der Waals surface area contributed by atoms with E-state index < -0.39 is 11.7 Å². The number of benzene rings is 2. The third kappa shape index (κ3) is 5.09. The molecule has 0 aliphatic rings. The first-order valence-corrected chi connectivity index (χ1v) is 7.72. The van der Waals surface area contributed by atoms with Crippen LogP contribution in [-0.4, -0.2) is 25.5 Å². The second kappa shape index (κ2) is 8.34. The molecule has 2 aromatic rings. The lowest BCUT2D eigenvalue weighted by atomic mass is 10.2. The summed E-state index contributed by atoms with van der Waals surface area (Å²) in [5, 5.41) is 7.91. The molecule has 8 heteroatoms. The molecule has 0 radical (unpaired) electrons. The lowest BCUT2D eigenvalue weighted by Crippen LogP contribution is -2.22. The molecule has 0 spiro atoms. The maximum atomic E-state index is 13.8. The van der Waals surface area contributed by atoms with E-state index in [0.717, 1.165) is 0 Å². The Morgan fingerprint density at radius 2 is 1.92 bits per heavy atom. The molecular formula is C17H17ClFN3O3. The van der Waals surface area contributed by atoms with Crippen molar-refractivity contribution in [3.8, 4) is 5.75 Å². The van der Waals surface area contributed by atoms with Crippen molar-refractivity contribution in [2.45, 2.75) is 6.92 Å². The first-order valence-electron chi connectivity index (χ1n) is 7.34. The van der Waals surface area contributed by atoms with Crippen molar-refractivity contribution in [3.63, 3.8) is 0 Å². The van der Waals surface area contributed by atoms with Crippen LogP contribution in [0, 0.1) is 5.82 Å². The average molecular weight is 366 g/mol. The van der Waals surface area contributed by atoms with E-state index in [4.69, 9.17) is 16.3 Å². The largest absolute Gasteiger partial charge is 0.495 e. The predicted molar refractivity (Wildman–Crippen MR) is 95.8 cm³/mol. The van der Waals surface area contributed by atoms with Crippen LogP contribution in [0.2, 0.25) is 5.02 Å². The number of carbonyl (C=O) groups excluding carboxylic acids is 2. The molecule has 6 nitrogen and oxygen atoms in total. The minimum atomic E-state index is -0.623. The van der Waals surface area contributed by atoms with Gasteiger partial charge < -0.3 is 20.7 Å². The van der Waals surface area contributed by atoms with Gasteiger partial charge in [-0.15, -0.1) is 0 Å². The lowest BCUT2D eigenvalue weighted by Gasteiger charge is -2.13. The summed E-state index contributed by atoms with van der Waals surface area (Å²) in [6.45, 7) is 1.21. The average Bonchev–Trinajstić information content (AvgIpc) is 2.56. The third-order valence-corrected chi connectivity index (χ3v) is 3.48. The van der Waals surface area contributed by atoms with Crippen molar-refractivity contribution < 1.29 is 18.7 Å². The molecule has 0 aromatic heterocycles. The van der Waals surface area contributed by atoms with Crippen LogP contribution in [0.25, 0.3) is 0 Å². The number of nitrogens with one attached hydrogen (secondary N) is 3. The molecule has 0 aliphatic heterocycles. The molecule has 3 N–H and O–H groups in total. The van der Waals surface area contributed by atoms with Gasteiger partial charge in [0.25, 0.3) is 0 Å². The van der Waals surface area contributed by atoms with Gasteiger partial charge in [-0.05, 0) is 30.3 Å². The predicted octanol–water partition coefficient (Wildman–Crippen LogP) is 3.50. The van der Waals surface area contributed by atoms with Gasteiger partial charge in [0.15, 0.2) is 5.82 Å². The number of anilines is 3. The number of hydrogen-bond acceptors (Lipinski definition) is 4. The Morgan fingerprint density at radius 1 is 1.16 bits per heavy atom. The number of amides is 2. The Kier molecular flexibility index (Phi) is 6.19. The zero-order valence-corrected chi connectivity index (χ0v) is 14.4. The van der Waals surface area contributed by atoms with Crippen LogP contribution in [-0.2, 0) is 9.59 Å². The van der Waals surface area contributed by atoms with Crippen LogP contribution in [0.15, 0.2) is 36.4 Å². The van der Waals surface area contributed by atoms with E-state index in [2.05, 4.69) is 16.0 Å². The van der Waals surface area contributed by atoms with Gasteiger partial charge in [0.1, 0.15) is 5.75 Å². The second-order valence-corrected chi connectivity index (χ2v) is 5.51. The van der Waals surface area contributed by atoms with Gasteiger partial charge in [0.05, 0.1) is 30.1 Å². The number of halogens is 2. The highest BCUT2D eigenvalue weighted by atomic mass is 35.5. The highest BCUT2D eigenvalue weighted by Crippen LogP contribution is 2.28. The van der Waals surface area contributed by atoms with E-state index in [1.54, 1.807) is 24.3 Å². The monoisotopic (exact) mass is 365 g/mol. The van der Waals surface area contributed by atoms with Crippen molar-refractivity contribution in [2.75, 3.05) is 29.6 Å². The topological polar surface area (TPSA) is 79.5 Å². The number of rotatable bonds is 6. The van der Waals surface area contributed by atoms with Crippen molar-refractivity contribution in [2.24, 2.45) is 0 Å². The third-order valence-electron chi connectivity index (χ3n) is 3.18. The SMILES string of the molecule is COc1ccc(NC(C)=O)cc1NC(=O)CNc1cccc(Cl)c1F. The maximum Gasteiger partial charge on any atom is 0.243 e. The summed E-state index contributed by atoms with van der Waals surface area (Å²) >= 11 is 5.69. The summed E-state index contributed by atoms with van der Waals surface area (Å²) in [7, 11) is 1.46. The number of ether oxygens (including phenoxy) is 1. The molecule has 2 rings (SSSR count). The molecule has 0 atom stereocenters. The Balaban J connectivity index is 2.06. The molecule has 0 aliphatic carbocycles. The van der Waals surface area contributed by atoms with Gasteiger partial charge in [-0.3, -0.25) is 9.59 Å². The van der Waals surface area contributed by atoms with Gasteiger partial charge in [0, 0.05) is 12.6 Å². The first kappa shape index (κ1) is 18.5. The van der Waals surface area contributed by atoms with E-state index in [1.165, 1.54) is 26.2 Å². The number of carbonyl (C=O) groups is 2. The van der Waals surface area contributed by atoms with Gasteiger partial charge in [0.2, 0.25) is 11.8 Å². The van der Waals surface area contributed by atoms with Crippen LogP contribution in [0.5, 0.6) is 5.75 Å². The number of methoxy groups -OCH3 is 1. The minimum absolute atomic E-state index is 0.0323. The van der Waals surface area contributed by atoms with Gasteiger partial charge in [-0.1, -0.05) is 17.7 Å². The smallest absolute Gasteiger partial charge is 0.243 e. The van der Waals surface area contributed by atoms with Crippen LogP contribution >= 0.6 is 11.6 Å². The Hall–Kier alpha value is -2.80. The summed E-state index contributed by atoms with van der Waals surface area (Å²) in [6.07, 6.45) is 0. The Morgan fingerprint density at radius 3 is 2.60 bits per heavy atom. The van der Waals surface area contributed by atoms with Crippen LogP contribution < -0.4 is 20.7 Å². The zero-order valence-electron chi connectivity index (χ0n) is 13.7. The van der Waals surface area contributed by atoms with Crippen molar-refractivity contribution in [3.05, 3.63) is 47.2 Å². The summed E-state index contributed by atoms with van der Waals surface area (Å²) < 4.78 is 19.0. The molecule has 2 aromatic carbocycles. The fourth-order valence-electron chi connectivity index (χ4n) is 2.10. The molecule has 0 saturated heterocycles. The number of hydrogen-bond donors (Lipinski definition) is 3. The van der Waals surface area contributed by atoms with Gasteiger partial charge in [-0.2, -0.15) is 0 Å². The summed E-state index contributed by atoms with van der Waals surface area (Å²) in [5.41, 5.74) is 1.02. The normalized spacial score (nSPS) is 10.1. The highest BCUT2D eigenvalue weighted by Gasteiger charge is 2.11. The molecule has 2 amide bonds. The van der Waals surface area contributed by atoms with E-state index in [1.807, 2.05) is 0 Å². The summed E-state index contributed by atoms with van der Waals surface area (Å²) in [4.78, 5) is 23.2. The molecule has 0 fully saturated rings. The molecule has 132 valence electrons. The lowest BCUT2D eigenvalue weighted by molar-refractivity contribution is -0.115. The van der Waals surface area contributed by atoms with Gasteiger partial charge >= 0.3 is 0 Å². The fourth-order valence-corrected chi connectivity index (χ4v) is 2.27. The first-order chi connectivity index (χ1) is 11.9. The van der Waals surface area contributed by atoms with E-state index in [0.29, 0.717) is 17.1 Å². The quantitative estimate of drug-likeness (QED) is 0.732. The molecule has 0 bridgehead atoms. The van der Waals surface area contributed by atoms with Crippen molar-refractivity contribution in [1.29, 1.82) is 0 Å². The standard InChI is InChI=1S/C17H17ClFN3O3/c1-10(23)21-11-6-7-15(25-2)14(8-11)22-16(24)9-20-13-5-3-4-12(18)17(13)19/h3-8,20H,9H2,1-2H3,(H,21,23)(H,22,24). The molecular weight excluding hydrogens is 349 g/mol. The molecule has 25 heavy (non-hydrogen) atoms. The highest BCUT2D eigenvalue weighted by molar-refractivity contribution is 6.31. The fraction of sp³-hybridized carbons (Fsp3) is 0.176. The molecule has 0 heterocycles. The Bertz CT molecular complexity index is 799. The van der Waals surface area contributed by atoms with Crippen LogP contribution in [0.4, 0.5) is 21.5 Å². The van der Waals surface area contributed by atoms with Crippen LogP contribution in [0.1, 0.15) is 6.92 Å². The summed E-state index contributed by atoms with van der Waals surface area (Å²) in [5.74, 6) is -0.850. The van der Waals surface area contributed by atoms with Gasteiger partial charge in [-0.25, -0.2) is 4.39 Å². The van der Waals surface area contributed by atoms with E-state index in [-0.39, 0.29) is 23.2 Å². The molecule has 0 unspecified atom stereocenters. The minimum Gasteiger partial charge on any atom is -0.495 e. The Labute approximate surface area is 149 Å². The zero-order chi connectivity index (χ0) is 18.4. The van der Waals surface area contributed by atoms with Crippen LogP contribution in [0.3, 0.4) is 0 Å². The van der Waals surface area contributed by atoms with E-state index >= 15 is 0 Å².